The Labute approximate surface area is 163 Å². The molecule has 1 aliphatic heterocycles. The van der Waals surface area contributed by atoms with Gasteiger partial charge in [0.05, 0.1) is 5.25 Å². The summed E-state index contributed by atoms with van der Waals surface area (Å²) >= 11 is 1.99. The summed E-state index contributed by atoms with van der Waals surface area (Å²) in [7, 11) is 0. The minimum Gasteiger partial charge on any atom is -1.00 e. The van der Waals surface area contributed by atoms with Crippen LogP contribution in [0, 0.1) is 5.92 Å². The van der Waals surface area contributed by atoms with Crippen LogP contribution in [0.15, 0.2) is 69.7 Å². The van der Waals surface area contributed by atoms with Crippen molar-refractivity contribution in [3.8, 4) is 0 Å². The molecule has 0 aromatic carbocycles. The maximum absolute atomic E-state index is 2.40. The molecule has 3 aliphatic rings. The number of fused-ring (bicyclic) bond motifs is 1. The molecule has 0 amide bonds. The monoisotopic (exact) mass is 414 g/mol. The van der Waals surface area contributed by atoms with E-state index in [9.17, 15) is 0 Å². The van der Waals surface area contributed by atoms with Crippen molar-refractivity contribution in [3.63, 3.8) is 0 Å². The number of rotatable bonds is 2. The van der Waals surface area contributed by atoms with Crippen LogP contribution < -0.4 is 24.8 Å². The van der Waals surface area contributed by atoms with E-state index in [0.29, 0.717) is 11.2 Å². The quantitative estimate of drug-likeness (QED) is 0.518. The Morgan fingerprint density at radius 2 is 1.90 bits per heavy atom. The van der Waals surface area contributed by atoms with Gasteiger partial charge < -0.3 is 24.8 Å². The SMILES string of the molecule is CC(C)=CC1SC2=CC=CC2=C1C1C=CC(C)=C1.[Cl-].[Cl-].[Zr+2]. The molecule has 0 saturated heterocycles. The molecule has 0 aromatic heterocycles. The van der Waals surface area contributed by atoms with Crippen LogP contribution in [0.3, 0.4) is 0 Å². The van der Waals surface area contributed by atoms with Crippen LogP contribution in [0.4, 0.5) is 0 Å². The third-order valence-corrected chi connectivity index (χ3v) is 4.75. The Balaban J connectivity index is 0.00000133. The summed E-state index contributed by atoms with van der Waals surface area (Å²) in [5.41, 5.74) is 5.81. The Morgan fingerprint density at radius 3 is 2.48 bits per heavy atom. The van der Waals surface area contributed by atoms with Gasteiger partial charge >= 0.3 is 26.2 Å². The van der Waals surface area contributed by atoms with Gasteiger partial charge in [-0.05, 0) is 38.0 Å². The van der Waals surface area contributed by atoms with E-state index < -0.39 is 0 Å². The van der Waals surface area contributed by atoms with E-state index in [1.165, 1.54) is 21.6 Å². The van der Waals surface area contributed by atoms with Crippen LogP contribution in [-0.4, -0.2) is 5.25 Å². The molecule has 0 aromatic rings. The fourth-order valence-corrected chi connectivity index (χ4v) is 4.23. The molecule has 0 spiro atoms. The van der Waals surface area contributed by atoms with Crippen LogP contribution >= 0.6 is 11.8 Å². The summed E-state index contributed by atoms with van der Waals surface area (Å²) in [5, 5.41) is 0.512. The Morgan fingerprint density at radius 1 is 1.19 bits per heavy atom. The van der Waals surface area contributed by atoms with Gasteiger partial charge in [-0.1, -0.05) is 47.6 Å². The van der Waals surface area contributed by atoms with Crippen LogP contribution in [-0.2, 0) is 26.2 Å². The van der Waals surface area contributed by atoms with Gasteiger partial charge in [0, 0.05) is 10.8 Å². The predicted molar refractivity (Wildman–Crippen MR) is 81.4 cm³/mol. The minimum absolute atomic E-state index is 0. The van der Waals surface area contributed by atoms with Gasteiger partial charge in [-0.15, -0.1) is 11.8 Å². The first kappa shape index (κ1) is 21.3. The summed E-state index contributed by atoms with van der Waals surface area (Å²) in [6.07, 6.45) is 16.0. The number of hydrogen-bond donors (Lipinski definition) is 0. The summed E-state index contributed by atoms with van der Waals surface area (Å²) in [6.45, 7) is 6.56. The zero-order valence-electron chi connectivity index (χ0n) is 12.4. The molecule has 0 bridgehead atoms. The molecule has 0 nitrogen and oxygen atoms in total. The first-order valence-electron chi connectivity index (χ1n) is 6.46. The number of thioether (sulfide) groups is 1. The van der Waals surface area contributed by atoms with Gasteiger partial charge in [0.2, 0.25) is 0 Å². The van der Waals surface area contributed by atoms with Crippen LogP contribution in [0.1, 0.15) is 20.8 Å². The van der Waals surface area contributed by atoms with Crippen molar-refractivity contribution >= 4 is 11.8 Å². The first-order valence-corrected chi connectivity index (χ1v) is 7.34. The molecule has 2 atom stereocenters. The van der Waals surface area contributed by atoms with Gasteiger partial charge in [0.1, 0.15) is 0 Å². The summed E-state index contributed by atoms with van der Waals surface area (Å²) < 4.78 is 0. The van der Waals surface area contributed by atoms with Crippen molar-refractivity contribution in [1.29, 1.82) is 0 Å². The van der Waals surface area contributed by atoms with Gasteiger partial charge in [0.15, 0.2) is 0 Å². The second-order valence-electron chi connectivity index (χ2n) is 5.34. The van der Waals surface area contributed by atoms with Gasteiger partial charge in [0.25, 0.3) is 0 Å². The smallest absolute Gasteiger partial charge is 1.00 e. The van der Waals surface area contributed by atoms with E-state index in [1.54, 1.807) is 5.57 Å². The van der Waals surface area contributed by atoms with Crippen molar-refractivity contribution in [3.05, 3.63) is 69.7 Å². The molecule has 110 valence electrons. The average molecular weight is 417 g/mol. The van der Waals surface area contributed by atoms with E-state index in [4.69, 9.17) is 0 Å². The first-order chi connectivity index (χ1) is 8.65. The number of halogens is 2. The maximum Gasteiger partial charge on any atom is 2.00 e. The predicted octanol–water partition coefficient (Wildman–Crippen LogP) is -1.04. The summed E-state index contributed by atoms with van der Waals surface area (Å²) in [6, 6.07) is 0. The van der Waals surface area contributed by atoms with Gasteiger partial charge in [-0.3, -0.25) is 0 Å². The molecule has 1 heterocycles. The maximum atomic E-state index is 2.40. The molecular weight excluding hydrogens is 398 g/mol. The van der Waals surface area contributed by atoms with Crippen LogP contribution in [0.25, 0.3) is 0 Å². The number of hydrogen-bond acceptors (Lipinski definition) is 1. The molecule has 2 aliphatic carbocycles. The molecule has 21 heavy (non-hydrogen) atoms. The van der Waals surface area contributed by atoms with Crippen LogP contribution in [0.5, 0.6) is 0 Å². The third-order valence-electron chi connectivity index (χ3n) is 3.50. The molecule has 3 rings (SSSR count). The van der Waals surface area contributed by atoms with E-state index in [1.807, 2.05) is 11.8 Å². The van der Waals surface area contributed by atoms with Gasteiger partial charge in [-0.2, -0.15) is 0 Å². The molecule has 0 saturated carbocycles. The van der Waals surface area contributed by atoms with Crippen molar-refractivity contribution in [1.82, 2.24) is 0 Å². The Bertz CT molecular complexity index is 576. The summed E-state index contributed by atoms with van der Waals surface area (Å²) in [4.78, 5) is 1.44. The van der Waals surface area contributed by atoms with E-state index >= 15 is 0 Å². The molecule has 0 N–H and O–H groups in total. The van der Waals surface area contributed by atoms with Crippen molar-refractivity contribution in [2.75, 3.05) is 0 Å². The molecule has 0 radical (unpaired) electrons. The van der Waals surface area contributed by atoms with E-state index in [-0.39, 0.29) is 51.0 Å². The molecule has 4 heteroatoms. The fourth-order valence-electron chi connectivity index (χ4n) is 2.74. The second kappa shape index (κ2) is 8.77. The topological polar surface area (TPSA) is 0 Å². The normalized spacial score (nSPS) is 24.5. The molecular formula is C17H18Cl2SZr. The molecule has 2 unspecified atom stereocenters. The zero-order chi connectivity index (χ0) is 12.7. The average Bonchev–Trinajstić information content (AvgIpc) is 2.92. The number of allylic oxidation sites excluding steroid dienone is 9. The Hall–Kier alpha value is 0.253. The minimum atomic E-state index is 0. The standard InChI is InChI=1S/C17H18S.2ClH.Zr/c1-11(2)9-16-17(13-8-7-12(3)10-13)14-5-4-6-15(14)18-16;;;/h4-10,13,16H,1-3H3;2*1H;/q;;;+2/p-2. The van der Waals surface area contributed by atoms with Crippen molar-refractivity contribution in [2.45, 2.75) is 26.0 Å². The van der Waals surface area contributed by atoms with E-state index in [0.717, 1.165) is 0 Å². The van der Waals surface area contributed by atoms with Gasteiger partial charge in [-0.25, -0.2) is 0 Å². The van der Waals surface area contributed by atoms with Crippen LogP contribution in [0.2, 0.25) is 0 Å². The molecule has 0 fully saturated rings. The van der Waals surface area contributed by atoms with Crippen molar-refractivity contribution < 1.29 is 51.0 Å². The fraction of sp³-hybridized carbons (Fsp3) is 0.294. The van der Waals surface area contributed by atoms with E-state index in [2.05, 4.69) is 63.3 Å². The van der Waals surface area contributed by atoms with Crippen molar-refractivity contribution in [2.24, 2.45) is 5.92 Å². The zero-order valence-corrected chi connectivity index (χ0v) is 17.1. The Kier molecular flexibility index (Phi) is 8.88. The third kappa shape index (κ3) is 4.38. The largest absolute Gasteiger partial charge is 2.00 e. The summed E-state index contributed by atoms with van der Waals surface area (Å²) in [5.74, 6) is 0.488. The second-order valence-corrected chi connectivity index (χ2v) is 6.52.